The molecule has 1 rings (SSSR count). The van der Waals surface area contributed by atoms with E-state index in [1.54, 1.807) is 6.07 Å². The van der Waals surface area contributed by atoms with Crippen molar-refractivity contribution >= 4 is 15.5 Å². The quantitative estimate of drug-likeness (QED) is 0.836. The summed E-state index contributed by atoms with van der Waals surface area (Å²) in [7, 11) is -4.56. The van der Waals surface area contributed by atoms with Crippen molar-refractivity contribution in [1.82, 2.24) is 0 Å². The molecule has 108 valence electrons. The van der Waals surface area contributed by atoms with Crippen LogP contribution in [0.15, 0.2) is 29.2 Å². The van der Waals surface area contributed by atoms with Crippen LogP contribution in [0.2, 0.25) is 0 Å². The number of hydrogen-bond acceptors (Lipinski definition) is 3. The minimum atomic E-state index is -4.56. The fourth-order valence-corrected chi connectivity index (χ4v) is 2.74. The molecule has 6 heteroatoms. The van der Waals surface area contributed by atoms with Crippen molar-refractivity contribution in [3.63, 3.8) is 0 Å². The molecule has 1 aromatic carbocycles. The van der Waals surface area contributed by atoms with Crippen molar-refractivity contribution in [1.29, 1.82) is 0 Å². The standard InChI is InChI=1S/C13H19F2NO2S/c1-3-6-10(2)9-16-11-7-4-5-8-12(11)19(17,18)13(14)15/h4-5,7-8,10,13,16H,3,6,9H2,1-2H3. The van der Waals surface area contributed by atoms with Gasteiger partial charge in [-0.1, -0.05) is 32.4 Å². The maximum atomic E-state index is 12.6. The van der Waals surface area contributed by atoms with Gasteiger partial charge >= 0.3 is 5.76 Å². The molecule has 1 N–H and O–H groups in total. The summed E-state index contributed by atoms with van der Waals surface area (Å²) in [5.41, 5.74) is 0.241. The lowest BCUT2D eigenvalue weighted by molar-refractivity contribution is 0.235. The van der Waals surface area contributed by atoms with Crippen LogP contribution in [0.1, 0.15) is 26.7 Å². The van der Waals surface area contributed by atoms with E-state index in [0.717, 1.165) is 12.8 Å². The van der Waals surface area contributed by atoms with Gasteiger partial charge in [0.05, 0.1) is 10.6 Å². The van der Waals surface area contributed by atoms with Crippen molar-refractivity contribution in [2.75, 3.05) is 11.9 Å². The van der Waals surface area contributed by atoms with Crippen LogP contribution in [0.4, 0.5) is 14.5 Å². The number of sulfone groups is 1. The van der Waals surface area contributed by atoms with E-state index < -0.39 is 15.6 Å². The van der Waals surface area contributed by atoms with Gasteiger partial charge < -0.3 is 5.32 Å². The highest BCUT2D eigenvalue weighted by molar-refractivity contribution is 7.91. The summed E-state index contributed by atoms with van der Waals surface area (Å²) >= 11 is 0. The highest BCUT2D eigenvalue weighted by Gasteiger charge is 2.28. The van der Waals surface area contributed by atoms with Crippen molar-refractivity contribution in [2.45, 2.75) is 37.3 Å². The van der Waals surface area contributed by atoms with Crippen LogP contribution in [-0.2, 0) is 9.84 Å². The summed E-state index contributed by atoms with van der Waals surface area (Å²) < 4.78 is 48.2. The van der Waals surface area contributed by atoms with Gasteiger partial charge in [0.1, 0.15) is 0 Å². The number of hydrogen-bond donors (Lipinski definition) is 1. The Kier molecular flexibility index (Phi) is 5.72. The first-order valence-electron chi connectivity index (χ1n) is 6.24. The van der Waals surface area contributed by atoms with Crippen molar-refractivity contribution in [3.8, 4) is 0 Å². The summed E-state index contributed by atoms with van der Waals surface area (Å²) in [6.45, 7) is 4.65. The molecule has 0 aliphatic carbocycles. The number of rotatable bonds is 7. The number of anilines is 1. The fourth-order valence-electron chi connectivity index (χ4n) is 1.84. The lowest BCUT2D eigenvalue weighted by atomic mass is 10.1. The zero-order valence-electron chi connectivity index (χ0n) is 11.1. The predicted octanol–water partition coefficient (Wildman–Crippen LogP) is 3.53. The third-order valence-electron chi connectivity index (χ3n) is 2.85. The molecule has 0 saturated carbocycles. The molecule has 0 heterocycles. The second-order valence-electron chi connectivity index (χ2n) is 4.58. The Bertz CT molecular complexity index is 503. The largest absolute Gasteiger partial charge is 0.384 e. The summed E-state index contributed by atoms with van der Waals surface area (Å²) in [5, 5.41) is 2.95. The monoisotopic (exact) mass is 291 g/mol. The minimum Gasteiger partial charge on any atom is -0.384 e. The molecule has 1 atom stereocenters. The summed E-state index contributed by atoms with van der Waals surface area (Å²) in [4.78, 5) is -0.339. The Morgan fingerprint density at radius 2 is 1.89 bits per heavy atom. The van der Waals surface area contributed by atoms with E-state index in [4.69, 9.17) is 0 Å². The number of alkyl halides is 2. The van der Waals surface area contributed by atoms with Crippen LogP contribution in [0.25, 0.3) is 0 Å². The second-order valence-corrected chi connectivity index (χ2v) is 6.46. The molecular weight excluding hydrogens is 272 g/mol. The lowest BCUT2D eigenvalue weighted by Gasteiger charge is -2.15. The van der Waals surface area contributed by atoms with Crippen LogP contribution in [0.5, 0.6) is 0 Å². The number of benzene rings is 1. The predicted molar refractivity (Wildman–Crippen MR) is 72.2 cm³/mol. The van der Waals surface area contributed by atoms with Crippen LogP contribution in [0.3, 0.4) is 0 Å². The Morgan fingerprint density at radius 1 is 1.26 bits per heavy atom. The van der Waals surface area contributed by atoms with Gasteiger partial charge in [0.2, 0.25) is 9.84 Å². The topological polar surface area (TPSA) is 46.2 Å². The number of halogens is 2. The Hall–Kier alpha value is -1.17. The van der Waals surface area contributed by atoms with E-state index in [1.165, 1.54) is 18.2 Å². The average molecular weight is 291 g/mol. The van der Waals surface area contributed by atoms with Gasteiger partial charge in [0, 0.05) is 6.54 Å². The molecule has 0 fully saturated rings. The minimum absolute atomic E-state index is 0.241. The SMILES string of the molecule is CCCC(C)CNc1ccccc1S(=O)(=O)C(F)F. The van der Waals surface area contributed by atoms with E-state index in [-0.39, 0.29) is 10.6 Å². The molecule has 1 unspecified atom stereocenters. The molecule has 3 nitrogen and oxygen atoms in total. The van der Waals surface area contributed by atoms with Gasteiger partial charge in [0.15, 0.2) is 0 Å². The number of para-hydroxylation sites is 1. The van der Waals surface area contributed by atoms with Crippen LogP contribution < -0.4 is 5.32 Å². The van der Waals surface area contributed by atoms with Gasteiger partial charge in [-0.3, -0.25) is 0 Å². The first-order chi connectivity index (χ1) is 8.89. The zero-order chi connectivity index (χ0) is 14.5. The average Bonchev–Trinajstić information content (AvgIpc) is 2.37. The normalized spacial score (nSPS) is 13.5. The summed E-state index contributed by atoms with van der Waals surface area (Å²) in [6, 6.07) is 5.77. The van der Waals surface area contributed by atoms with Crippen LogP contribution >= 0.6 is 0 Å². The van der Waals surface area contributed by atoms with Crippen LogP contribution in [-0.4, -0.2) is 20.7 Å². The van der Waals surface area contributed by atoms with Gasteiger partial charge in [0.25, 0.3) is 0 Å². The molecule has 0 aromatic heterocycles. The first kappa shape index (κ1) is 15.9. The molecule has 1 aromatic rings. The first-order valence-corrected chi connectivity index (χ1v) is 7.79. The summed E-state index contributed by atoms with van der Waals surface area (Å²) in [6.07, 6.45) is 2.02. The van der Waals surface area contributed by atoms with Crippen LogP contribution in [0, 0.1) is 5.92 Å². The van der Waals surface area contributed by atoms with E-state index in [1.807, 2.05) is 6.92 Å². The van der Waals surface area contributed by atoms with Crippen molar-refractivity contribution < 1.29 is 17.2 Å². The molecule has 19 heavy (non-hydrogen) atoms. The third kappa shape index (κ3) is 4.16. The lowest BCUT2D eigenvalue weighted by Crippen LogP contribution is -2.17. The van der Waals surface area contributed by atoms with Crippen molar-refractivity contribution in [3.05, 3.63) is 24.3 Å². The highest BCUT2D eigenvalue weighted by atomic mass is 32.2. The van der Waals surface area contributed by atoms with Gasteiger partial charge in [-0.25, -0.2) is 8.42 Å². The highest BCUT2D eigenvalue weighted by Crippen LogP contribution is 2.26. The molecule has 0 aliphatic heterocycles. The van der Waals surface area contributed by atoms with E-state index in [2.05, 4.69) is 12.2 Å². The zero-order valence-corrected chi connectivity index (χ0v) is 11.9. The Morgan fingerprint density at radius 3 is 2.47 bits per heavy atom. The fraction of sp³-hybridized carbons (Fsp3) is 0.538. The molecule has 0 saturated heterocycles. The van der Waals surface area contributed by atoms with Gasteiger partial charge in [-0.2, -0.15) is 8.78 Å². The van der Waals surface area contributed by atoms with Gasteiger partial charge in [-0.15, -0.1) is 0 Å². The molecule has 0 amide bonds. The molecular formula is C13H19F2NO2S. The van der Waals surface area contributed by atoms with Crippen molar-refractivity contribution in [2.24, 2.45) is 5.92 Å². The summed E-state index contributed by atoms with van der Waals surface area (Å²) in [5.74, 6) is -3.05. The molecule has 0 spiro atoms. The Labute approximate surface area is 112 Å². The third-order valence-corrected chi connectivity index (χ3v) is 4.29. The van der Waals surface area contributed by atoms with Gasteiger partial charge in [-0.05, 0) is 24.5 Å². The van der Waals surface area contributed by atoms with E-state index in [0.29, 0.717) is 12.5 Å². The van der Waals surface area contributed by atoms with E-state index >= 15 is 0 Å². The number of nitrogens with one attached hydrogen (secondary N) is 1. The molecule has 0 bridgehead atoms. The second kappa shape index (κ2) is 6.84. The molecule has 0 radical (unpaired) electrons. The molecule has 0 aliphatic rings. The maximum absolute atomic E-state index is 12.6. The van der Waals surface area contributed by atoms with E-state index in [9.17, 15) is 17.2 Å². The maximum Gasteiger partial charge on any atom is 0.341 e. The smallest absolute Gasteiger partial charge is 0.341 e. The Balaban J connectivity index is 2.91.